The fraction of sp³-hybridized carbons (Fsp3) is 0.500. The minimum atomic E-state index is -0.147. The summed E-state index contributed by atoms with van der Waals surface area (Å²) < 4.78 is 0. The van der Waals surface area contributed by atoms with Gasteiger partial charge < -0.3 is 20.6 Å². The number of imidazole rings is 1. The highest BCUT2D eigenvalue weighted by Gasteiger charge is 2.11. The molecule has 0 bridgehead atoms. The van der Waals surface area contributed by atoms with Crippen LogP contribution in [-0.2, 0) is 6.54 Å². The summed E-state index contributed by atoms with van der Waals surface area (Å²) in [5.74, 6) is 0. The summed E-state index contributed by atoms with van der Waals surface area (Å²) >= 11 is 0. The summed E-state index contributed by atoms with van der Waals surface area (Å²) in [6.45, 7) is 2.98. The van der Waals surface area contributed by atoms with E-state index in [2.05, 4.69) is 20.6 Å². The van der Waals surface area contributed by atoms with E-state index in [1.807, 2.05) is 18.2 Å². The molecule has 0 radical (unpaired) electrons. The van der Waals surface area contributed by atoms with Crippen LogP contribution in [0, 0.1) is 0 Å². The third-order valence-corrected chi connectivity index (χ3v) is 3.71. The third-order valence-electron chi connectivity index (χ3n) is 3.71. The lowest BCUT2D eigenvalue weighted by molar-refractivity contribution is 0.383. The molecule has 1 fully saturated rings. The minimum Gasteiger partial charge on any atom is -0.313 e. The Bertz CT molecular complexity index is 595. The highest BCUT2D eigenvalue weighted by atomic mass is 16.1. The molecule has 2 heterocycles. The largest absolute Gasteiger partial charge is 0.323 e. The van der Waals surface area contributed by atoms with Crippen LogP contribution < -0.4 is 16.3 Å². The predicted octanol–water partition coefficient (Wildman–Crippen LogP) is 1.09. The topological polar surface area (TPSA) is 72.7 Å². The number of aromatic amines is 2. The average Bonchev–Trinajstić information content (AvgIpc) is 2.79. The number of piperidine rings is 1. The Kier molecular flexibility index (Phi) is 3.66. The van der Waals surface area contributed by atoms with Crippen molar-refractivity contribution in [3.8, 4) is 0 Å². The molecule has 3 rings (SSSR count). The van der Waals surface area contributed by atoms with Gasteiger partial charge in [-0.1, -0.05) is 12.5 Å². The molecular weight excluding hydrogens is 240 g/mol. The lowest BCUT2D eigenvalue weighted by Gasteiger charge is -2.23. The SMILES string of the molecule is O=c1[nH]c2ccc(CNCC3CCCCN3)cc2[nH]1. The van der Waals surface area contributed by atoms with Gasteiger partial charge in [0, 0.05) is 19.1 Å². The standard InChI is InChI=1S/C14H20N4O/c19-14-17-12-5-4-10(7-13(12)18-14)8-15-9-11-3-1-2-6-16-11/h4-5,7,11,15-16H,1-3,6,8-9H2,(H2,17,18,19). The molecular formula is C14H20N4O. The lowest BCUT2D eigenvalue weighted by Crippen LogP contribution is -2.41. The van der Waals surface area contributed by atoms with Crippen molar-refractivity contribution in [2.24, 2.45) is 0 Å². The molecule has 1 aliphatic heterocycles. The molecule has 5 heteroatoms. The van der Waals surface area contributed by atoms with E-state index in [4.69, 9.17) is 0 Å². The molecule has 4 N–H and O–H groups in total. The van der Waals surface area contributed by atoms with E-state index in [1.165, 1.54) is 24.8 Å². The third kappa shape index (κ3) is 3.05. The summed E-state index contributed by atoms with van der Waals surface area (Å²) in [5.41, 5.74) is 2.79. The number of fused-ring (bicyclic) bond motifs is 1. The molecule has 102 valence electrons. The number of hydrogen-bond acceptors (Lipinski definition) is 3. The summed E-state index contributed by atoms with van der Waals surface area (Å²) in [6.07, 6.45) is 3.89. The second kappa shape index (κ2) is 5.59. The molecule has 5 nitrogen and oxygen atoms in total. The molecule has 1 aliphatic rings. The maximum atomic E-state index is 11.2. The summed E-state index contributed by atoms with van der Waals surface area (Å²) in [7, 11) is 0. The Morgan fingerprint density at radius 3 is 2.95 bits per heavy atom. The van der Waals surface area contributed by atoms with Crippen LogP contribution in [-0.4, -0.2) is 29.1 Å². The highest BCUT2D eigenvalue weighted by Crippen LogP contribution is 2.10. The molecule has 0 aliphatic carbocycles. The second-order valence-electron chi connectivity index (χ2n) is 5.24. The quantitative estimate of drug-likeness (QED) is 0.665. The zero-order valence-electron chi connectivity index (χ0n) is 11.0. The fourth-order valence-corrected chi connectivity index (χ4v) is 2.68. The monoisotopic (exact) mass is 260 g/mol. The van der Waals surface area contributed by atoms with E-state index in [0.717, 1.165) is 30.7 Å². The Labute approximate surface area is 111 Å². The molecule has 1 aromatic carbocycles. The van der Waals surface area contributed by atoms with Gasteiger partial charge in [-0.25, -0.2) is 4.79 Å². The van der Waals surface area contributed by atoms with Crippen molar-refractivity contribution in [3.63, 3.8) is 0 Å². The number of benzene rings is 1. The fourth-order valence-electron chi connectivity index (χ4n) is 2.68. The van der Waals surface area contributed by atoms with Gasteiger partial charge in [0.05, 0.1) is 11.0 Å². The summed E-state index contributed by atoms with van der Waals surface area (Å²) in [5, 5.41) is 7.00. The maximum absolute atomic E-state index is 11.2. The maximum Gasteiger partial charge on any atom is 0.323 e. The average molecular weight is 260 g/mol. The zero-order valence-corrected chi connectivity index (χ0v) is 11.0. The minimum absolute atomic E-state index is 0.147. The first-order chi connectivity index (χ1) is 9.31. The van der Waals surface area contributed by atoms with Crippen molar-refractivity contribution >= 4 is 11.0 Å². The zero-order chi connectivity index (χ0) is 13.1. The van der Waals surface area contributed by atoms with Crippen molar-refractivity contribution in [2.75, 3.05) is 13.1 Å². The van der Waals surface area contributed by atoms with Crippen LogP contribution in [0.3, 0.4) is 0 Å². The van der Waals surface area contributed by atoms with E-state index in [-0.39, 0.29) is 5.69 Å². The first-order valence-corrected chi connectivity index (χ1v) is 6.96. The van der Waals surface area contributed by atoms with Gasteiger partial charge in [0.25, 0.3) is 0 Å². The van der Waals surface area contributed by atoms with E-state index < -0.39 is 0 Å². The molecule has 2 aromatic rings. The number of hydrogen-bond donors (Lipinski definition) is 4. The Morgan fingerprint density at radius 1 is 1.21 bits per heavy atom. The molecule has 1 aromatic heterocycles. The van der Waals surface area contributed by atoms with Gasteiger partial charge in [-0.3, -0.25) is 0 Å². The Hall–Kier alpha value is -1.59. The van der Waals surface area contributed by atoms with Crippen LogP contribution in [0.1, 0.15) is 24.8 Å². The van der Waals surface area contributed by atoms with E-state index in [9.17, 15) is 4.79 Å². The van der Waals surface area contributed by atoms with Crippen LogP contribution in [0.5, 0.6) is 0 Å². The van der Waals surface area contributed by atoms with Crippen molar-refractivity contribution < 1.29 is 0 Å². The first kappa shape index (κ1) is 12.4. The summed E-state index contributed by atoms with van der Waals surface area (Å²) in [4.78, 5) is 16.7. The molecule has 19 heavy (non-hydrogen) atoms. The smallest absolute Gasteiger partial charge is 0.313 e. The number of rotatable bonds is 4. The van der Waals surface area contributed by atoms with E-state index >= 15 is 0 Å². The van der Waals surface area contributed by atoms with Gasteiger partial charge in [0.2, 0.25) is 0 Å². The van der Waals surface area contributed by atoms with Crippen LogP contribution in [0.2, 0.25) is 0 Å². The molecule has 0 amide bonds. The van der Waals surface area contributed by atoms with Gasteiger partial charge >= 0.3 is 5.69 Å². The summed E-state index contributed by atoms with van der Waals surface area (Å²) in [6, 6.07) is 6.62. The van der Waals surface area contributed by atoms with Gasteiger partial charge in [-0.05, 0) is 37.1 Å². The molecule has 0 spiro atoms. The van der Waals surface area contributed by atoms with Crippen LogP contribution in [0.4, 0.5) is 0 Å². The first-order valence-electron chi connectivity index (χ1n) is 6.96. The molecule has 1 saturated heterocycles. The van der Waals surface area contributed by atoms with Crippen molar-refractivity contribution in [2.45, 2.75) is 31.8 Å². The van der Waals surface area contributed by atoms with Crippen molar-refractivity contribution in [1.29, 1.82) is 0 Å². The second-order valence-corrected chi connectivity index (χ2v) is 5.24. The highest BCUT2D eigenvalue weighted by molar-refractivity contribution is 5.74. The van der Waals surface area contributed by atoms with E-state index in [1.54, 1.807) is 0 Å². The van der Waals surface area contributed by atoms with Gasteiger partial charge in [-0.15, -0.1) is 0 Å². The van der Waals surface area contributed by atoms with Gasteiger partial charge in [0.1, 0.15) is 0 Å². The number of nitrogens with one attached hydrogen (secondary N) is 4. The van der Waals surface area contributed by atoms with E-state index in [0.29, 0.717) is 6.04 Å². The van der Waals surface area contributed by atoms with Crippen molar-refractivity contribution in [3.05, 3.63) is 34.2 Å². The van der Waals surface area contributed by atoms with Gasteiger partial charge in [0.15, 0.2) is 0 Å². The van der Waals surface area contributed by atoms with Crippen LogP contribution in [0.25, 0.3) is 11.0 Å². The lowest BCUT2D eigenvalue weighted by atomic mass is 10.1. The number of aromatic nitrogens is 2. The predicted molar refractivity (Wildman–Crippen MR) is 76.3 cm³/mol. The molecule has 1 atom stereocenters. The van der Waals surface area contributed by atoms with Crippen LogP contribution >= 0.6 is 0 Å². The van der Waals surface area contributed by atoms with Gasteiger partial charge in [-0.2, -0.15) is 0 Å². The normalized spacial score (nSPS) is 19.9. The van der Waals surface area contributed by atoms with Crippen molar-refractivity contribution in [1.82, 2.24) is 20.6 Å². The Morgan fingerprint density at radius 2 is 2.11 bits per heavy atom. The Balaban J connectivity index is 1.57. The van der Waals surface area contributed by atoms with Crippen LogP contribution in [0.15, 0.2) is 23.0 Å². The number of H-pyrrole nitrogens is 2. The molecule has 1 unspecified atom stereocenters. The molecule has 0 saturated carbocycles.